The minimum absolute atomic E-state index is 0. The van der Waals surface area contributed by atoms with E-state index in [1.165, 1.54) is 17.7 Å². The van der Waals surface area contributed by atoms with E-state index in [4.69, 9.17) is 4.74 Å². The summed E-state index contributed by atoms with van der Waals surface area (Å²) in [7, 11) is 0. The molecule has 6 heteroatoms. The van der Waals surface area contributed by atoms with Crippen molar-refractivity contribution in [2.24, 2.45) is 16.1 Å². The maximum absolute atomic E-state index is 11.0. The van der Waals surface area contributed by atoms with Crippen LogP contribution < -0.4 is 34.7 Å². The molecule has 0 atom stereocenters. The molecule has 3 rings (SSSR count). The molecular formula is C20H19N2NaO3. The number of allylic oxidation sites excluding steroid dienone is 5. The average Bonchev–Trinajstić information content (AvgIpc) is 2.88. The van der Waals surface area contributed by atoms with E-state index in [0.29, 0.717) is 24.0 Å². The second-order valence-corrected chi connectivity index (χ2v) is 6.23. The van der Waals surface area contributed by atoms with Crippen molar-refractivity contribution in [3.63, 3.8) is 0 Å². The topological polar surface area (TPSA) is 74.1 Å². The van der Waals surface area contributed by atoms with Crippen molar-refractivity contribution in [2.75, 3.05) is 6.61 Å². The molecule has 0 radical (unpaired) electrons. The molecule has 0 saturated carbocycles. The summed E-state index contributed by atoms with van der Waals surface area (Å²) in [6.07, 6.45) is 9.21. The molecule has 128 valence electrons. The van der Waals surface area contributed by atoms with Crippen LogP contribution in [0.1, 0.15) is 36.2 Å². The van der Waals surface area contributed by atoms with E-state index in [1.807, 2.05) is 0 Å². The van der Waals surface area contributed by atoms with Gasteiger partial charge in [-0.05, 0) is 41.2 Å². The van der Waals surface area contributed by atoms with Crippen LogP contribution in [0.5, 0.6) is 0 Å². The van der Waals surface area contributed by atoms with Gasteiger partial charge in [-0.3, -0.25) is 0 Å². The minimum Gasteiger partial charge on any atom is -0.545 e. The first kappa shape index (κ1) is 20.4. The Hall–Kier alpha value is -1.95. The van der Waals surface area contributed by atoms with Crippen LogP contribution in [0.15, 0.2) is 69.9 Å². The number of hydrogen-bond acceptors (Lipinski definition) is 5. The molecule has 5 nitrogen and oxygen atoms in total. The van der Waals surface area contributed by atoms with Gasteiger partial charge in [0, 0.05) is 5.56 Å². The van der Waals surface area contributed by atoms with Crippen molar-refractivity contribution in [1.29, 1.82) is 0 Å². The Bertz CT molecular complexity index is 848. The molecule has 1 aliphatic carbocycles. The SMILES string of the molecule is CC(C)C1=CC=C(C2=NN=C(c3cccc(C(=O)[O-])c3)OC2)CC=C1.[Na+]. The largest absolute Gasteiger partial charge is 1.00 e. The van der Waals surface area contributed by atoms with Crippen molar-refractivity contribution < 1.29 is 44.2 Å². The smallest absolute Gasteiger partial charge is 0.545 e. The van der Waals surface area contributed by atoms with Crippen LogP contribution in [0.2, 0.25) is 0 Å². The van der Waals surface area contributed by atoms with E-state index in [-0.39, 0.29) is 35.1 Å². The van der Waals surface area contributed by atoms with E-state index in [2.05, 4.69) is 48.4 Å². The molecule has 0 N–H and O–H groups in total. The van der Waals surface area contributed by atoms with Gasteiger partial charge in [-0.2, -0.15) is 0 Å². The number of aromatic carboxylic acids is 1. The third-order valence-electron chi connectivity index (χ3n) is 4.11. The maximum Gasteiger partial charge on any atom is 1.00 e. The monoisotopic (exact) mass is 358 g/mol. The molecule has 0 saturated heterocycles. The summed E-state index contributed by atoms with van der Waals surface area (Å²) in [4.78, 5) is 11.0. The van der Waals surface area contributed by atoms with Crippen LogP contribution in [0, 0.1) is 5.92 Å². The van der Waals surface area contributed by atoms with Gasteiger partial charge < -0.3 is 14.6 Å². The normalized spacial score (nSPS) is 16.4. The number of rotatable bonds is 4. The van der Waals surface area contributed by atoms with Crippen molar-refractivity contribution in [1.82, 2.24) is 0 Å². The zero-order valence-corrected chi connectivity index (χ0v) is 17.2. The van der Waals surface area contributed by atoms with Crippen LogP contribution in [-0.2, 0) is 4.74 Å². The molecule has 1 aromatic rings. The minimum atomic E-state index is -1.23. The number of ether oxygens (including phenoxy) is 1. The van der Waals surface area contributed by atoms with E-state index in [0.717, 1.165) is 17.7 Å². The number of carbonyl (C=O) groups is 1. The third-order valence-corrected chi connectivity index (χ3v) is 4.11. The molecular weight excluding hydrogens is 339 g/mol. The Kier molecular flexibility index (Phi) is 7.14. The fourth-order valence-corrected chi connectivity index (χ4v) is 2.62. The quantitative estimate of drug-likeness (QED) is 0.691. The van der Waals surface area contributed by atoms with Gasteiger partial charge in [0.1, 0.15) is 12.3 Å². The molecule has 0 fully saturated rings. The van der Waals surface area contributed by atoms with Gasteiger partial charge in [-0.25, -0.2) is 0 Å². The Balaban J connectivity index is 0.00000243. The van der Waals surface area contributed by atoms with Crippen LogP contribution in [-0.4, -0.2) is 24.2 Å². The van der Waals surface area contributed by atoms with Gasteiger partial charge >= 0.3 is 29.6 Å². The Labute approximate surface area is 175 Å². The van der Waals surface area contributed by atoms with Gasteiger partial charge in [0.25, 0.3) is 0 Å². The van der Waals surface area contributed by atoms with E-state index in [1.54, 1.807) is 12.1 Å². The number of carboxylic acids is 1. The second kappa shape index (κ2) is 9.12. The van der Waals surface area contributed by atoms with Gasteiger partial charge in [0.05, 0.1) is 5.97 Å². The van der Waals surface area contributed by atoms with Crippen molar-refractivity contribution >= 4 is 17.6 Å². The predicted octanol–water partition coefficient (Wildman–Crippen LogP) is -0.344. The van der Waals surface area contributed by atoms with Gasteiger partial charge in [0.2, 0.25) is 5.90 Å². The summed E-state index contributed by atoms with van der Waals surface area (Å²) in [5.41, 5.74) is 3.78. The average molecular weight is 358 g/mol. The number of carbonyl (C=O) groups excluding carboxylic acids is 1. The summed E-state index contributed by atoms with van der Waals surface area (Å²) >= 11 is 0. The van der Waals surface area contributed by atoms with Gasteiger partial charge in [-0.1, -0.05) is 50.3 Å². The third kappa shape index (κ3) is 4.81. The molecule has 2 aliphatic rings. The molecule has 0 amide bonds. The number of benzene rings is 1. The Morgan fingerprint density at radius 3 is 2.69 bits per heavy atom. The van der Waals surface area contributed by atoms with E-state index < -0.39 is 5.97 Å². The van der Waals surface area contributed by atoms with Crippen LogP contribution in [0.25, 0.3) is 0 Å². The molecule has 0 spiro atoms. The number of nitrogens with zero attached hydrogens (tertiary/aromatic N) is 2. The first-order valence-corrected chi connectivity index (χ1v) is 8.21. The molecule has 1 heterocycles. The summed E-state index contributed by atoms with van der Waals surface area (Å²) in [5.74, 6) is -0.447. The van der Waals surface area contributed by atoms with Crippen molar-refractivity contribution in [3.8, 4) is 0 Å². The zero-order chi connectivity index (χ0) is 17.8. The van der Waals surface area contributed by atoms with E-state index in [9.17, 15) is 9.90 Å². The predicted molar refractivity (Wildman–Crippen MR) is 95.5 cm³/mol. The number of hydrogen-bond donors (Lipinski definition) is 0. The summed E-state index contributed by atoms with van der Waals surface area (Å²) in [5, 5.41) is 19.4. The van der Waals surface area contributed by atoms with Crippen molar-refractivity contribution in [3.05, 3.63) is 70.8 Å². The Morgan fingerprint density at radius 2 is 2.04 bits per heavy atom. The van der Waals surface area contributed by atoms with Crippen LogP contribution >= 0.6 is 0 Å². The number of carboxylic acid groups (broad SMARTS) is 1. The van der Waals surface area contributed by atoms with Crippen LogP contribution in [0.3, 0.4) is 0 Å². The molecule has 0 aromatic heterocycles. The summed E-state index contributed by atoms with van der Waals surface area (Å²) < 4.78 is 5.70. The molecule has 1 aromatic carbocycles. The molecule has 1 aliphatic heterocycles. The first-order valence-electron chi connectivity index (χ1n) is 8.21. The van der Waals surface area contributed by atoms with Crippen LogP contribution in [0.4, 0.5) is 0 Å². The summed E-state index contributed by atoms with van der Waals surface area (Å²) in [6, 6.07) is 6.30. The maximum atomic E-state index is 11.0. The fourth-order valence-electron chi connectivity index (χ4n) is 2.62. The zero-order valence-electron chi connectivity index (χ0n) is 15.2. The Morgan fingerprint density at radius 1 is 1.23 bits per heavy atom. The standard InChI is InChI=1S/C20H20N2O3.Na/c1-13(2)14-5-3-6-15(10-9-14)18-12-25-19(22-21-18)16-7-4-8-17(11-16)20(23)24;/h3-5,7-11,13H,6,12H2,1-2H3,(H,23,24);/q;+1/p-1. The van der Waals surface area contributed by atoms with Crippen molar-refractivity contribution in [2.45, 2.75) is 20.3 Å². The fraction of sp³-hybridized carbons (Fsp3) is 0.250. The molecule has 26 heavy (non-hydrogen) atoms. The first-order chi connectivity index (χ1) is 12.0. The van der Waals surface area contributed by atoms with Gasteiger partial charge in [0.15, 0.2) is 0 Å². The van der Waals surface area contributed by atoms with Gasteiger partial charge in [-0.15, -0.1) is 10.2 Å². The summed E-state index contributed by atoms with van der Waals surface area (Å²) in [6.45, 7) is 4.63. The second-order valence-electron chi connectivity index (χ2n) is 6.23. The molecule has 0 unspecified atom stereocenters. The van der Waals surface area contributed by atoms with E-state index >= 15 is 0 Å². The molecule has 0 bridgehead atoms.